The molecule has 0 fully saturated rings. The van der Waals surface area contributed by atoms with Crippen molar-refractivity contribution in [1.82, 2.24) is 4.90 Å². The van der Waals surface area contributed by atoms with E-state index in [1.54, 1.807) is 31.3 Å². The van der Waals surface area contributed by atoms with Crippen LogP contribution in [-0.4, -0.2) is 55.2 Å². The van der Waals surface area contributed by atoms with Gasteiger partial charge in [-0.3, -0.25) is 4.79 Å². The van der Waals surface area contributed by atoms with Gasteiger partial charge in [0.1, 0.15) is 0 Å². The predicted molar refractivity (Wildman–Crippen MR) is 76.0 cm³/mol. The van der Waals surface area contributed by atoms with Crippen LogP contribution in [0.5, 0.6) is 0 Å². The van der Waals surface area contributed by atoms with Gasteiger partial charge in [0.15, 0.2) is 5.78 Å². The Morgan fingerprint density at radius 1 is 1.45 bits per heavy atom. The van der Waals surface area contributed by atoms with Crippen molar-refractivity contribution in [3.63, 3.8) is 0 Å². The third kappa shape index (κ3) is 4.99. The number of likely N-dealkylation sites (N-methyl/N-ethyl adjacent to an activating group) is 1. The molecule has 0 spiro atoms. The van der Waals surface area contributed by atoms with Crippen molar-refractivity contribution >= 4 is 17.5 Å². The first-order valence-electron chi connectivity index (χ1n) is 6.24. The molecule has 1 aromatic carbocycles. The summed E-state index contributed by atoms with van der Waals surface area (Å²) in [6.07, 6.45) is -0.737. The summed E-state index contributed by atoms with van der Waals surface area (Å²) < 4.78 is 4.80. The minimum absolute atomic E-state index is 0.0648. The number of amides is 2. The fraction of sp³-hybridized carbons (Fsp3) is 0.429. The van der Waals surface area contributed by atoms with Gasteiger partial charge in [0.2, 0.25) is 0 Å². The largest absolute Gasteiger partial charge is 0.389 e. The second-order valence-electron chi connectivity index (χ2n) is 4.56. The van der Waals surface area contributed by atoms with E-state index in [0.29, 0.717) is 11.3 Å². The number of aliphatic hydroxyl groups is 1. The molecule has 0 saturated carbocycles. The summed E-state index contributed by atoms with van der Waals surface area (Å²) in [5, 5.41) is 12.2. The quantitative estimate of drug-likeness (QED) is 0.771. The molecule has 110 valence electrons. The van der Waals surface area contributed by atoms with Gasteiger partial charge < -0.3 is 20.1 Å². The van der Waals surface area contributed by atoms with Crippen molar-refractivity contribution in [2.75, 3.05) is 32.6 Å². The lowest BCUT2D eigenvalue weighted by atomic mass is 10.1. The number of benzene rings is 1. The molecule has 1 unspecified atom stereocenters. The van der Waals surface area contributed by atoms with Gasteiger partial charge in [0.05, 0.1) is 19.3 Å². The fourth-order valence-electron chi connectivity index (χ4n) is 1.68. The number of nitrogens with zero attached hydrogens (tertiary/aromatic N) is 1. The monoisotopic (exact) mass is 280 g/mol. The maximum absolute atomic E-state index is 11.9. The van der Waals surface area contributed by atoms with Crippen LogP contribution < -0.4 is 5.32 Å². The second kappa shape index (κ2) is 7.62. The molecule has 0 heterocycles. The molecule has 2 amide bonds. The number of hydrogen-bond donors (Lipinski definition) is 2. The fourth-order valence-corrected chi connectivity index (χ4v) is 1.68. The molecule has 0 saturated heterocycles. The first-order valence-corrected chi connectivity index (χ1v) is 6.24. The number of carbonyl (C=O) groups excluding carboxylic acids is 2. The zero-order chi connectivity index (χ0) is 15.1. The Morgan fingerprint density at radius 2 is 2.15 bits per heavy atom. The molecular weight excluding hydrogens is 260 g/mol. The summed E-state index contributed by atoms with van der Waals surface area (Å²) in [6.45, 7) is 1.79. The minimum atomic E-state index is -0.737. The average molecular weight is 280 g/mol. The molecule has 0 aliphatic rings. The van der Waals surface area contributed by atoms with Crippen LogP contribution in [0.15, 0.2) is 24.3 Å². The van der Waals surface area contributed by atoms with E-state index >= 15 is 0 Å². The highest BCUT2D eigenvalue weighted by Crippen LogP contribution is 2.11. The average Bonchev–Trinajstić information content (AvgIpc) is 2.39. The van der Waals surface area contributed by atoms with Gasteiger partial charge in [-0.1, -0.05) is 12.1 Å². The number of anilines is 1. The highest BCUT2D eigenvalue weighted by Gasteiger charge is 2.14. The number of ketones is 1. The molecule has 1 rings (SSSR count). The molecule has 1 atom stereocenters. The van der Waals surface area contributed by atoms with Crippen LogP contribution in [0.4, 0.5) is 10.5 Å². The van der Waals surface area contributed by atoms with Gasteiger partial charge >= 0.3 is 6.03 Å². The van der Waals surface area contributed by atoms with Crippen LogP contribution in [0.2, 0.25) is 0 Å². The molecule has 6 heteroatoms. The van der Waals surface area contributed by atoms with Crippen LogP contribution in [0.1, 0.15) is 17.3 Å². The number of Topliss-reactive ketones (excluding diaryl/α,β-unsaturated/α-hetero) is 1. The van der Waals surface area contributed by atoms with Gasteiger partial charge in [0, 0.05) is 25.4 Å². The summed E-state index contributed by atoms with van der Waals surface area (Å²) in [7, 11) is 3.06. The summed E-state index contributed by atoms with van der Waals surface area (Å²) in [5.41, 5.74) is 1.07. The van der Waals surface area contributed by atoms with Crippen LogP contribution >= 0.6 is 0 Å². The van der Waals surface area contributed by atoms with E-state index in [4.69, 9.17) is 4.74 Å². The molecule has 0 aliphatic carbocycles. The Kier molecular flexibility index (Phi) is 6.14. The lowest BCUT2D eigenvalue weighted by Crippen LogP contribution is -2.38. The molecule has 0 aliphatic heterocycles. The van der Waals surface area contributed by atoms with E-state index < -0.39 is 6.10 Å². The van der Waals surface area contributed by atoms with Crippen molar-refractivity contribution in [1.29, 1.82) is 0 Å². The maximum Gasteiger partial charge on any atom is 0.321 e. The van der Waals surface area contributed by atoms with Gasteiger partial charge in [-0.15, -0.1) is 0 Å². The van der Waals surface area contributed by atoms with E-state index in [-0.39, 0.29) is 25.0 Å². The summed E-state index contributed by atoms with van der Waals surface area (Å²) >= 11 is 0. The number of methoxy groups -OCH3 is 1. The molecule has 0 radical (unpaired) electrons. The molecule has 0 aromatic heterocycles. The van der Waals surface area contributed by atoms with Gasteiger partial charge in [0.25, 0.3) is 0 Å². The van der Waals surface area contributed by atoms with E-state index in [1.807, 2.05) is 0 Å². The van der Waals surface area contributed by atoms with Crippen molar-refractivity contribution in [2.24, 2.45) is 0 Å². The number of nitrogens with one attached hydrogen (secondary N) is 1. The number of carbonyl (C=O) groups is 2. The smallest absolute Gasteiger partial charge is 0.321 e. The van der Waals surface area contributed by atoms with E-state index in [0.717, 1.165) is 0 Å². The topological polar surface area (TPSA) is 78.9 Å². The van der Waals surface area contributed by atoms with Crippen LogP contribution in [0, 0.1) is 0 Å². The maximum atomic E-state index is 11.9. The lowest BCUT2D eigenvalue weighted by molar-refractivity contribution is 0.0501. The van der Waals surface area contributed by atoms with Crippen LogP contribution in [-0.2, 0) is 4.74 Å². The summed E-state index contributed by atoms with van der Waals surface area (Å²) in [5.74, 6) is -0.0648. The van der Waals surface area contributed by atoms with Crippen LogP contribution in [0.3, 0.4) is 0 Å². The number of rotatable bonds is 6. The normalized spacial score (nSPS) is 11.8. The highest BCUT2D eigenvalue weighted by molar-refractivity contribution is 5.96. The van der Waals surface area contributed by atoms with E-state index in [2.05, 4.69) is 5.32 Å². The van der Waals surface area contributed by atoms with E-state index in [1.165, 1.54) is 18.9 Å². The first kappa shape index (κ1) is 16.1. The molecular formula is C14H20N2O4. The molecule has 0 bridgehead atoms. The predicted octanol–water partition coefficient (Wildman–Crippen LogP) is 1.36. The Hall–Kier alpha value is -1.92. The molecule has 20 heavy (non-hydrogen) atoms. The number of aliphatic hydroxyl groups excluding tert-OH is 1. The van der Waals surface area contributed by atoms with Gasteiger partial charge in [-0.2, -0.15) is 0 Å². The van der Waals surface area contributed by atoms with Crippen molar-refractivity contribution in [2.45, 2.75) is 13.0 Å². The number of hydrogen-bond acceptors (Lipinski definition) is 4. The van der Waals surface area contributed by atoms with Crippen LogP contribution in [0.25, 0.3) is 0 Å². The van der Waals surface area contributed by atoms with Crippen molar-refractivity contribution in [3.05, 3.63) is 29.8 Å². The molecule has 2 N–H and O–H groups in total. The highest BCUT2D eigenvalue weighted by atomic mass is 16.5. The Labute approximate surface area is 118 Å². The zero-order valence-corrected chi connectivity index (χ0v) is 11.9. The SMILES string of the molecule is COCC(O)CN(C)C(=O)Nc1cccc(C(C)=O)c1. The Bertz CT molecular complexity index is 476. The number of ether oxygens (including phenoxy) is 1. The zero-order valence-electron chi connectivity index (χ0n) is 11.9. The Morgan fingerprint density at radius 3 is 2.75 bits per heavy atom. The minimum Gasteiger partial charge on any atom is -0.389 e. The van der Waals surface area contributed by atoms with Gasteiger partial charge in [-0.25, -0.2) is 4.79 Å². The third-order valence-corrected chi connectivity index (χ3v) is 2.71. The number of urea groups is 1. The Balaban J connectivity index is 2.61. The third-order valence-electron chi connectivity index (χ3n) is 2.71. The summed E-state index contributed by atoms with van der Waals surface area (Å²) in [4.78, 5) is 24.5. The lowest BCUT2D eigenvalue weighted by Gasteiger charge is -2.21. The van der Waals surface area contributed by atoms with Gasteiger partial charge in [-0.05, 0) is 19.1 Å². The first-order chi connectivity index (χ1) is 9.43. The summed E-state index contributed by atoms with van der Waals surface area (Å²) in [6, 6.07) is 6.33. The van der Waals surface area contributed by atoms with Crippen molar-refractivity contribution < 1.29 is 19.4 Å². The standard InChI is InChI=1S/C14H20N2O4/c1-10(17)11-5-4-6-12(7-11)15-14(19)16(2)8-13(18)9-20-3/h4-7,13,18H,8-9H2,1-3H3,(H,15,19). The molecule has 1 aromatic rings. The second-order valence-corrected chi connectivity index (χ2v) is 4.56. The van der Waals surface area contributed by atoms with E-state index in [9.17, 15) is 14.7 Å². The molecule has 6 nitrogen and oxygen atoms in total. The van der Waals surface area contributed by atoms with Crippen molar-refractivity contribution in [3.8, 4) is 0 Å².